The van der Waals surface area contributed by atoms with Gasteiger partial charge < -0.3 is 5.73 Å². The third kappa shape index (κ3) is 12.8. The van der Waals surface area contributed by atoms with E-state index in [4.69, 9.17) is 5.73 Å². The summed E-state index contributed by atoms with van der Waals surface area (Å²) in [5.74, 6) is 1.10. The van der Waals surface area contributed by atoms with Gasteiger partial charge in [0.05, 0.1) is 0 Å². The topological polar surface area (TPSA) is 116 Å². The molecule has 9 heteroatoms. The van der Waals surface area contributed by atoms with Crippen LogP contribution in [0.4, 0.5) is 17.8 Å². The van der Waals surface area contributed by atoms with Crippen molar-refractivity contribution in [1.29, 1.82) is 0 Å². The Morgan fingerprint density at radius 3 is 1.73 bits per heavy atom. The molecule has 9 nitrogen and oxygen atoms in total. The van der Waals surface area contributed by atoms with Crippen molar-refractivity contribution in [2.75, 3.05) is 35.9 Å². The van der Waals surface area contributed by atoms with Gasteiger partial charge in [0.1, 0.15) is 0 Å². The van der Waals surface area contributed by atoms with Crippen LogP contribution < -0.4 is 32.6 Å². The third-order valence-electron chi connectivity index (χ3n) is 4.80. The molecular weight excluding hydrogens is 378 g/mol. The van der Waals surface area contributed by atoms with Crippen molar-refractivity contribution < 1.29 is 0 Å². The quantitative estimate of drug-likeness (QED) is 0.157. The Hall–Kier alpha value is -1.71. The van der Waals surface area contributed by atoms with Gasteiger partial charge in [-0.15, -0.1) is 0 Å². The molecule has 0 aliphatic rings. The lowest BCUT2D eigenvalue weighted by atomic mass is 10.2. The predicted molar refractivity (Wildman–Crippen MR) is 127 cm³/mol. The van der Waals surface area contributed by atoms with Crippen LogP contribution in [0, 0.1) is 0 Å². The first-order valence-electron chi connectivity index (χ1n) is 12.0. The molecule has 0 aromatic carbocycles. The van der Waals surface area contributed by atoms with Crippen LogP contribution in [0.25, 0.3) is 0 Å². The lowest BCUT2D eigenvalue weighted by molar-refractivity contribution is 0.479. The molecule has 0 unspecified atom stereocenters. The Kier molecular flexibility index (Phi) is 15.9. The maximum Gasteiger partial charge on any atom is 0.262 e. The summed E-state index contributed by atoms with van der Waals surface area (Å²) in [5, 5.41) is 1.79. The Morgan fingerprint density at radius 1 is 0.667 bits per heavy atom. The number of rotatable bonds is 20. The monoisotopic (exact) mass is 423 g/mol. The third-order valence-corrected chi connectivity index (χ3v) is 4.80. The number of nitrogen functional groups attached to an aromatic ring is 1. The van der Waals surface area contributed by atoms with Crippen molar-refractivity contribution in [2.45, 2.75) is 97.8 Å². The van der Waals surface area contributed by atoms with Crippen LogP contribution in [0.2, 0.25) is 0 Å². The Balaban J connectivity index is 2.61. The summed E-state index contributed by atoms with van der Waals surface area (Å²) in [6, 6.07) is 0. The molecule has 0 amide bonds. The fourth-order valence-electron chi connectivity index (χ4n) is 3.00. The lowest BCUT2D eigenvalue weighted by Gasteiger charge is -2.24. The number of anilines is 3. The number of hydrogen-bond acceptors (Lipinski definition) is 9. The molecule has 174 valence electrons. The number of hydrogen-bond donors (Lipinski definition) is 5. The van der Waals surface area contributed by atoms with Crippen LogP contribution in [0.15, 0.2) is 0 Å². The van der Waals surface area contributed by atoms with E-state index < -0.39 is 0 Å². The van der Waals surface area contributed by atoms with Crippen molar-refractivity contribution in [2.24, 2.45) is 0 Å². The second-order valence-electron chi connectivity index (χ2n) is 7.70. The number of nitrogens with zero attached hydrogens (tertiary/aromatic N) is 4. The van der Waals surface area contributed by atoms with E-state index in [0.29, 0.717) is 11.9 Å². The SMILES string of the molecule is CCCCCCNNc1nc(N)nc(N(NCCCCCC)NCCCCCC)n1. The summed E-state index contributed by atoms with van der Waals surface area (Å²) in [5.41, 5.74) is 19.0. The number of nitrogens with one attached hydrogen (secondary N) is 4. The standard InChI is InChI=1S/C21H45N9/c1-4-7-10-13-16-23-29-20-26-19(22)27-21(28-20)30(24-17-14-11-8-5-2)25-18-15-12-9-6-3/h23-25H,4-18H2,1-3H3,(H3,22,26,27,28,29). The number of nitrogens with two attached hydrogens (primary N) is 1. The van der Waals surface area contributed by atoms with Crippen LogP contribution >= 0.6 is 0 Å². The summed E-state index contributed by atoms with van der Waals surface area (Å²) in [7, 11) is 0. The van der Waals surface area contributed by atoms with Gasteiger partial charge >= 0.3 is 0 Å². The van der Waals surface area contributed by atoms with Crippen LogP contribution in [0.1, 0.15) is 97.8 Å². The first-order chi connectivity index (χ1) is 14.7. The minimum atomic E-state index is 0.195. The Bertz CT molecular complexity index is 513. The normalized spacial score (nSPS) is 11.0. The van der Waals surface area contributed by atoms with E-state index in [1.165, 1.54) is 57.8 Å². The highest BCUT2D eigenvalue weighted by Gasteiger charge is 2.12. The van der Waals surface area contributed by atoms with Gasteiger partial charge in [-0.05, 0) is 19.3 Å². The lowest BCUT2D eigenvalue weighted by Crippen LogP contribution is -2.50. The minimum absolute atomic E-state index is 0.195. The van der Waals surface area contributed by atoms with Gasteiger partial charge in [-0.1, -0.05) is 78.6 Å². The molecule has 0 atom stereocenters. The molecule has 1 heterocycles. The summed E-state index contributed by atoms with van der Waals surface area (Å²) in [4.78, 5) is 13.0. The summed E-state index contributed by atoms with van der Waals surface area (Å²) >= 11 is 0. The van der Waals surface area contributed by atoms with Crippen LogP contribution in [-0.4, -0.2) is 34.6 Å². The van der Waals surface area contributed by atoms with Crippen molar-refractivity contribution in [1.82, 2.24) is 31.2 Å². The van der Waals surface area contributed by atoms with E-state index >= 15 is 0 Å². The van der Waals surface area contributed by atoms with Gasteiger partial charge in [0.2, 0.25) is 11.9 Å². The smallest absolute Gasteiger partial charge is 0.262 e. The fourth-order valence-corrected chi connectivity index (χ4v) is 3.00. The Labute approximate surface area is 183 Å². The van der Waals surface area contributed by atoms with Gasteiger partial charge in [0.15, 0.2) is 0 Å². The van der Waals surface area contributed by atoms with E-state index in [1.54, 1.807) is 5.12 Å². The van der Waals surface area contributed by atoms with Gasteiger partial charge in [-0.3, -0.25) is 5.43 Å². The molecule has 0 bridgehead atoms. The highest BCUT2D eigenvalue weighted by Crippen LogP contribution is 2.09. The second-order valence-corrected chi connectivity index (χ2v) is 7.70. The predicted octanol–water partition coefficient (Wildman–Crippen LogP) is 3.93. The van der Waals surface area contributed by atoms with Crippen LogP contribution in [-0.2, 0) is 0 Å². The first-order valence-corrected chi connectivity index (χ1v) is 12.0. The van der Waals surface area contributed by atoms with E-state index in [1.807, 2.05) is 0 Å². The van der Waals surface area contributed by atoms with Crippen molar-refractivity contribution >= 4 is 17.8 Å². The van der Waals surface area contributed by atoms with E-state index in [-0.39, 0.29) is 5.95 Å². The van der Waals surface area contributed by atoms with Gasteiger partial charge in [0.25, 0.3) is 5.95 Å². The molecule has 0 spiro atoms. The van der Waals surface area contributed by atoms with Gasteiger partial charge in [-0.25, -0.2) is 21.4 Å². The molecule has 1 rings (SSSR count). The average molecular weight is 424 g/mol. The second kappa shape index (κ2) is 18.1. The maximum absolute atomic E-state index is 5.94. The molecule has 0 aliphatic carbocycles. The number of aromatic nitrogens is 3. The molecule has 6 N–H and O–H groups in total. The van der Waals surface area contributed by atoms with Crippen molar-refractivity contribution in [3.8, 4) is 0 Å². The highest BCUT2D eigenvalue weighted by molar-refractivity contribution is 5.39. The molecule has 1 aromatic rings. The van der Waals surface area contributed by atoms with E-state index in [2.05, 4.69) is 57.4 Å². The minimum Gasteiger partial charge on any atom is -0.368 e. The molecule has 30 heavy (non-hydrogen) atoms. The summed E-state index contributed by atoms with van der Waals surface area (Å²) in [6.45, 7) is 9.21. The largest absolute Gasteiger partial charge is 0.368 e. The Morgan fingerprint density at radius 2 is 1.20 bits per heavy atom. The maximum atomic E-state index is 5.94. The first kappa shape index (κ1) is 26.3. The van der Waals surface area contributed by atoms with Crippen LogP contribution in [0.5, 0.6) is 0 Å². The molecule has 0 aliphatic heterocycles. The zero-order chi connectivity index (χ0) is 21.9. The molecular formula is C21H45N9. The van der Waals surface area contributed by atoms with Gasteiger partial charge in [-0.2, -0.15) is 15.0 Å². The summed E-state index contributed by atoms with van der Waals surface area (Å²) < 4.78 is 0. The number of hydrazine groups is 3. The summed E-state index contributed by atoms with van der Waals surface area (Å²) in [6.07, 6.45) is 14.4. The number of unbranched alkanes of at least 4 members (excludes halogenated alkanes) is 9. The zero-order valence-electron chi connectivity index (χ0n) is 19.5. The van der Waals surface area contributed by atoms with Crippen LogP contribution in [0.3, 0.4) is 0 Å². The zero-order valence-corrected chi connectivity index (χ0v) is 19.5. The van der Waals surface area contributed by atoms with Gasteiger partial charge in [0, 0.05) is 19.6 Å². The van der Waals surface area contributed by atoms with E-state index in [9.17, 15) is 0 Å². The molecule has 0 saturated heterocycles. The highest BCUT2D eigenvalue weighted by atomic mass is 15.7. The molecule has 0 radical (unpaired) electrons. The molecule has 0 fully saturated rings. The molecule has 0 saturated carbocycles. The van der Waals surface area contributed by atoms with E-state index in [0.717, 1.165) is 38.9 Å². The molecule has 1 aromatic heterocycles. The van der Waals surface area contributed by atoms with Crippen molar-refractivity contribution in [3.63, 3.8) is 0 Å². The van der Waals surface area contributed by atoms with Crippen molar-refractivity contribution in [3.05, 3.63) is 0 Å². The average Bonchev–Trinajstić information content (AvgIpc) is 2.74. The fraction of sp³-hybridized carbons (Fsp3) is 0.857.